The summed E-state index contributed by atoms with van der Waals surface area (Å²) in [4.78, 5) is 2.49. The van der Waals surface area contributed by atoms with Gasteiger partial charge in [-0.2, -0.15) is 0 Å². The molecule has 1 aliphatic heterocycles. The van der Waals surface area contributed by atoms with E-state index in [9.17, 15) is 10.2 Å². The van der Waals surface area contributed by atoms with Crippen molar-refractivity contribution in [2.45, 2.75) is 102 Å². The largest absolute Gasteiger partial charge is 0.472 e. The Kier molecular flexibility index (Phi) is 7.06. The molecule has 0 radical (unpaired) electrons. The van der Waals surface area contributed by atoms with Crippen LogP contribution in [0.1, 0.15) is 90.0 Å². The van der Waals surface area contributed by atoms with E-state index in [1.165, 1.54) is 32.4 Å². The lowest BCUT2D eigenvalue weighted by Crippen LogP contribution is -2.64. The first-order valence-electron chi connectivity index (χ1n) is 15.2. The van der Waals surface area contributed by atoms with E-state index in [1.807, 2.05) is 6.07 Å². The zero-order chi connectivity index (χ0) is 25.7. The van der Waals surface area contributed by atoms with Crippen LogP contribution in [-0.4, -0.2) is 66.3 Å². The first-order chi connectivity index (χ1) is 17.8. The molecule has 1 aromatic rings. The van der Waals surface area contributed by atoms with E-state index >= 15 is 0 Å². The molecule has 4 aliphatic carbocycles. The molecule has 2 heterocycles. The van der Waals surface area contributed by atoms with Crippen molar-refractivity contribution in [2.24, 2.45) is 28.6 Å². The molecule has 0 aromatic carbocycles. The Bertz CT molecular complexity index is 917. The predicted octanol–water partition coefficient (Wildman–Crippen LogP) is 5.12. The summed E-state index contributed by atoms with van der Waals surface area (Å²) in [6.45, 7) is 10.4. The van der Waals surface area contributed by atoms with Crippen molar-refractivity contribution in [2.75, 3.05) is 39.5 Å². The standard InChI is InChI=1S/C31H49NO5/c1-28-10-7-25(37-20-19-35-18-16-32-14-3-4-15-32)21-23(28)5-6-27-26(28)8-11-29(2)30(33,12-13-31(27,29)34)24-9-17-36-22-24/h9,17,22-23,25-27,33-34H,3-8,10-16,18-21H2,1-2H3/t23-,25+,26+,27-,28+,29-,30+,31+/m1/s1. The molecule has 8 atom stereocenters. The van der Waals surface area contributed by atoms with Gasteiger partial charge in [0.15, 0.2) is 0 Å². The van der Waals surface area contributed by atoms with Gasteiger partial charge in [0.05, 0.1) is 44.1 Å². The van der Waals surface area contributed by atoms with E-state index in [1.54, 1.807) is 12.5 Å². The molecule has 37 heavy (non-hydrogen) atoms. The van der Waals surface area contributed by atoms with Crippen molar-refractivity contribution < 1.29 is 24.1 Å². The molecule has 0 unspecified atom stereocenters. The molecular weight excluding hydrogens is 466 g/mol. The second kappa shape index (κ2) is 9.92. The molecule has 6 rings (SSSR count). The lowest BCUT2D eigenvalue weighted by molar-refractivity contribution is -0.239. The minimum absolute atomic E-state index is 0.252. The van der Waals surface area contributed by atoms with Gasteiger partial charge in [0.2, 0.25) is 0 Å². The van der Waals surface area contributed by atoms with Gasteiger partial charge in [0.25, 0.3) is 0 Å². The number of nitrogens with zero attached hydrogens (tertiary/aromatic N) is 1. The Morgan fingerprint density at radius 2 is 1.78 bits per heavy atom. The maximum atomic E-state index is 12.4. The normalized spacial score (nSPS) is 45.9. The number of ether oxygens (including phenoxy) is 2. The van der Waals surface area contributed by atoms with Gasteiger partial charge >= 0.3 is 0 Å². The number of rotatable bonds is 8. The summed E-state index contributed by atoms with van der Waals surface area (Å²) in [5.41, 5.74) is -1.29. The molecule has 2 N–H and O–H groups in total. The van der Waals surface area contributed by atoms with Gasteiger partial charge in [0, 0.05) is 17.5 Å². The fraction of sp³-hybridized carbons (Fsp3) is 0.871. The summed E-state index contributed by atoms with van der Waals surface area (Å²) in [6.07, 6.45) is 15.2. The lowest BCUT2D eigenvalue weighted by Gasteiger charge is -2.64. The highest BCUT2D eigenvalue weighted by molar-refractivity contribution is 5.30. The van der Waals surface area contributed by atoms with E-state index in [4.69, 9.17) is 13.9 Å². The Morgan fingerprint density at radius 3 is 2.57 bits per heavy atom. The SMILES string of the molecule is C[C@]12CC[C@H](OCCOCCN3CCCC3)C[C@H]1CC[C@@H]1[C@@H]2CC[C@]2(C)[C@@](O)(c3ccoc3)CC[C@]12O. The zero-order valence-electron chi connectivity index (χ0n) is 23.1. The molecule has 5 fully saturated rings. The average Bonchev–Trinajstić information content (AvgIpc) is 3.65. The molecule has 1 saturated heterocycles. The van der Waals surface area contributed by atoms with Crippen LogP contribution in [0.25, 0.3) is 0 Å². The van der Waals surface area contributed by atoms with Crippen LogP contribution in [0.5, 0.6) is 0 Å². The van der Waals surface area contributed by atoms with Gasteiger partial charge in [-0.3, -0.25) is 0 Å². The van der Waals surface area contributed by atoms with Gasteiger partial charge in [-0.1, -0.05) is 13.8 Å². The van der Waals surface area contributed by atoms with Crippen LogP contribution in [-0.2, 0) is 15.1 Å². The lowest BCUT2D eigenvalue weighted by atomic mass is 9.43. The molecular formula is C31H49NO5. The maximum Gasteiger partial charge on any atom is 0.101 e. The first kappa shape index (κ1) is 26.3. The number of fused-ring (bicyclic) bond motifs is 5. The van der Waals surface area contributed by atoms with Gasteiger partial charge in [0.1, 0.15) is 5.60 Å². The number of furan rings is 1. The van der Waals surface area contributed by atoms with Crippen LogP contribution in [0.2, 0.25) is 0 Å². The Hall–Kier alpha value is -0.920. The molecule has 6 heteroatoms. The summed E-state index contributed by atoms with van der Waals surface area (Å²) in [5.74, 6) is 1.44. The fourth-order valence-electron chi connectivity index (χ4n) is 9.89. The van der Waals surface area contributed by atoms with Gasteiger partial charge in [-0.25, -0.2) is 0 Å². The van der Waals surface area contributed by atoms with E-state index in [0.29, 0.717) is 44.0 Å². The Morgan fingerprint density at radius 1 is 0.946 bits per heavy atom. The highest BCUT2D eigenvalue weighted by Crippen LogP contribution is 2.71. The molecule has 208 valence electrons. The predicted molar refractivity (Wildman–Crippen MR) is 142 cm³/mol. The molecule has 4 saturated carbocycles. The Labute approximate surface area is 223 Å². The molecule has 0 spiro atoms. The van der Waals surface area contributed by atoms with Crippen molar-refractivity contribution in [3.63, 3.8) is 0 Å². The van der Waals surface area contributed by atoms with Crippen LogP contribution >= 0.6 is 0 Å². The number of hydrogen-bond donors (Lipinski definition) is 2. The summed E-state index contributed by atoms with van der Waals surface area (Å²) in [7, 11) is 0. The van der Waals surface area contributed by atoms with Crippen molar-refractivity contribution in [1.82, 2.24) is 4.90 Å². The fourth-order valence-corrected chi connectivity index (χ4v) is 9.89. The first-order valence-corrected chi connectivity index (χ1v) is 15.2. The smallest absolute Gasteiger partial charge is 0.101 e. The molecule has 5 aliphatic rings. The van der Waals surface area contributed by atoms with E-state index in [0.717, 1.165) is 57.2 Å². The van der Waals surface area contributed by atoms with Crippen LogP contribution in [0.15, 0.2) is 23.0 Å². The second-order valence-electron chi connectivity index (χ2n) is 13.6. The second-order valence-corrected chi connectivity index (χ2v) is 13.6. The average molecular weight is 516 g/mol. The number of likely N-dealkylation sites (tertiary alicyclic amines) is 1. The highest BCUT2D eigenvalue weighted by atomic mass is 16.5. The van der Waals surface area contributed by atoms with Gasteiger partial charge < -0.3 is 29.0 Å². The third kappa shape index (κ3) is 4.16. The number of aliphatic hydroxyl groups is 2. The van der Waals surface area contributed by atoms with E-state index < -0.39 is 16.6 Å². The van der Waals surface area contributed by atoms with Crippen LogP contribution in [0.3, 0.4) is 0 Å². The van der Waals surface area contributed by atoms with Crippen molar-refractivity contribution in [3.05, 3.63) is 24.2 Å². The van der Waals surface area contributed by atoms with Gasteiger partial charge in [-0.05, 0) is 113 Å². The molecule has 0 bridgehead atoms. The van der Waals surface area contributed by atoms with E-state index in [2.05, 4.69) is 18.7 Å². The summed E-state index contributed by atoms with van der Waals surface area (Å²) < 4.78 is 17.6. The van der Waals surface area contributed by atoms with E-state index in [-0.39, 0.29) is 11.3 Å². The van der Waals surface area contributed by atoms with Crippen molar-refractivity contribution in [1.29, 1.82) is 0 Å². The highest BCUT2D eigenvalue weighted by Gasteiger charge is 2.72. The van der Waals surface area contributed by atoms with Gasteiger partial charge in [-0.15, -0.1) is 0 Å². The zero-order valence-corrected chi connectivity index (χ0v) is 23.1. The number of hydrogen-bond acceptors (Lipinski definition) is 6. The minimum atomic E-state index is -1.01. The Balaban J connectivity index is 1.05. The summed E-state index contributed by atoms with van der Waals surface area (Å²) >= 11 is 0. The third-order valence-corrected chi connectivity index (χ3v) is 12.3. The van der Waals surface area contributed by atoms with Crippen LogP contribution in [0.4, 0.5) is 0 Å². The topological polar surface area (TPSA) is 75.3 Å². The summed E-state index contributed by atoms with van der Waals surface area (Å²) in [5, 5.41) is 24.3. The van der Waals surface area contributed by atoms with Crippen LogP contribution < -0.4 is 0 Å². The summed E-state index contributed by atoms with van der Waals surface area (Å²) in [6, 6.07) is 1.89. The maximum absolute atomic E-state index is 12.4. The minimum Gasteiger partial charge on any atom is -0.472 e. The van der Waals surface area contributed by atoms with Crippen LogP contribution in [0, 0.1) is 28.6 Å². The monoisotopic (exact) mass is 515 g/mol. The third-order valence-electron chi connectivity index (χ3n) is 12.3. The van der Waals surface area contributed by atoms with Crippen molar-refractivity contribution in [3.8, 4) is 0 Å². The molecule has 6 nitrogen and oxygen atoms in total. The quantitative estimate of drug-likeness (QED) is 0.468. The van der Waals surface area contributed by atoms with Crippen molar-refractivity contribution >= 4 is 0 Å². The molecule has 1 aromatic heterocycles. The molecule has 0 amide bonds.